The standard InChI is InChI=1S/C17H22N2O3/c20-15-6-2-1-4-12(15)14-5-3-9-19(14)17(21)13-10-16(22-18-13)11-7-8-11/h10-12,14H,1-9H2/t12-,14-/m0/s1. The van der Waals surface area contributed by atoms with E-state index in [0.717, 1.165) is 57.3 Å². The predicted molar refractivity (Wildman–Crippen MR) is 79.5 cm³/mol. The van der Waals surface area contributed by atoms with E-state index in [1.807, 2.05) is 4.90 Å². The lowest BCUT2D eigenvalue weighted by molar-refractivity contribution is -0.126. The molecule has 5 heteroatoms. The molecule has 5 nitrogen and oxygen atoms in total. The summed E-state index contributed by atoms with van der Waals surface area (Å²) >= 11 is 0. The summed E-state index contributed by atoms with van der Waals surface area (Å²) in [5.41, 5.74) is 0.414. The third-order valence-corrected chi connectivity index (χ3v) is 5.35. The molecule has 1 aliphatic heterocycles. The molecule has 1 saturated heterocycles. The molecule has 2 atom stereocenters. The van der Waals surface area contributed by atoms with Gasteiger partial charge in [0.25, 0.3) is 5.91 Å². The fourth-order valence-corrected chi connectivity index (χ4v) is 3.98. The third-order valence-electron chi connectivity index (χ3n) is 5.35. The second kappa shape index (κ2) is 5.52. The number of ketones is 1. The van der Waals surface area contributed by atoms with Crippen LogP contribution >= 0.6 is 0 Å². The average molecular weight is 302 g/mol. The summed E-state index contributed by atoms with van der Waals surface area (Å²) < 4.78 is 5.31. The van der Waals surface area contributed by atoms with E-state index in [0.29, 0.717) is 23.8 Å². The summed E-state index contributed by atoms with van der Waals surface area (Å²) in [5, 5.41) is 3.97. The highest BCUT2D eigenvalue weighted by Crippen LogP contribution is 2.40. The van der Waals surface area contributed by atoms with E-state index in [-0.39, 0.29) is 17.9 Å². The normalized spacial score (nSPS) is 29.1. The fraction of sp³-hybridized carbons (Fsp3) is 0.706. The summed E-state index contributed by atoms with van der Waals surface area (Å²) in [6.07, 6.45) is 7.90. The van der Waals surface area contributed by atoms with Crippen molar-refractivity contribution in [3.05, 3.63) is 17.5 Å². The molecular formula is C17H22N2O3. The maximum absolute atomic E-state index is 12.8. The molecule has 1 aromatic heterocycles. The number of carbonyl (C=O) groups is 2. The van der Waals surface area contributed by atoms with Crippen molar-refractivity contribution in [3.8, 4) is 0 Å². The Hall–Kier alpha value is -1.65. The van der Waals surface area contributed by atoms with Gasteiger partial charge in [-0.1, -0.05) is 11.6 Å². The monoisotopic (exact) mass is 302 g/mol. The second-order valence-corrected chi connectivity index (χ2v) is 6.92. The van der Waals surface area contributed by atoms with Crippen molar-refractivity contribution < 1.29 is 14.1 Å². The Morgan fingerprint density at radius 2 is 2.05 bits per heavy atom. The van der Waals surface area contributed by atoms with Crippen molar-refractivity contribution in [1.29, 1.82) is 0 Å². The van der Waals surface area contributed by atoms with Gasteiger partial charge in [-0.05, 0) is 38.5 Å². The van der Waals surface area contributed by atoms with Gasteiger partial charge in [0.2, 0.25) is 0 Å². The molecule has 2 saturated carbocycles. The van der Waals surface area contributed by atoms with E-state index in [9.17, 15) is 9.59 Å². The number of rotatable bonds is 3. The van der Waals surface area contributed by atoms with E-state index >= 15 is 0 Å². The Balaban J connectivity index is 1.51. The molecule has 1 amide bonds. The third kappa shape index (κ3) is 2.46. The van der Waals surface area contributed by atoms with Crippen LogP contribution in [0, 0.1) is 5.92 Å². The van der Waals surface area contributed by atoms with Gasteiger partial charge < -0.3 is 9.42 Å². The average Bonchev–Trinajstić information content (AvgIpc) is 3.08. The molecule has 22 heavy (non-hydrogen) atoms. The number of likely N-dealkylation sites (tertiary alicyclic amines) is 1. The first-order valence-electron chi connectivity index (χ1n) is 8.54. The molecule has 3 fully saturated rings. The second-order valence-electron chi connectivity index (χ2n) is 6.92. The summed E-state index contributed by atoms with van der Waals surface area (Å²) in [7, 11) is 0. The molecule has 0 unspecified atom stereocenters. The molecule has 1 aromatic rings. The molecule has 2 heterocycles. The van der Waals surface area contributed by atoms with Crippen LogP contribution in [0.1, 0.15) is 73.5 Å². The van der Waals surface area contributed by atoms with Crippen molar-refractivity contribution in [2.45, 2.75) is 63.3 Å². The van der Waals surface area contributed by atoms with E-state index in [1.165, 1.54) is 0 Å². The van der Waals surface area contributed by atoms with E-state index in [2.05, 4.69) is 5.16 Å². The molecule has 0 spiro atoms. The molecule has 0 N–H and O–H groups in total. The highest BCUT2D eigenvalue weighted by Gasteiger charge is 2.40. The summed E-state index contributed by atoms with van der Waals surface area (Å²) in [6, 6.07) is 1.87. The van der Waals surface area contributed by atoms with Gasteiger partial charge in [0.1, 0.15) is 11.5 Å². The Morgan fingerprint density at radius 1 is 1.18 bits per heavy atom. The molecule has 3 aliphatic rings. The highest BCUT2D eigenvalue weighted by molar-refractivity contribution is 5.93. The van der Waals surface area contributed by atoms with Crippen molar-refractivity contribution in [2.24, 2.45) is 5.92 Å². The number of hydrogen-bond acceptors (Lipinski definition) is 4. The van der Waals surface area contributed by atoms with Gasteiger partial charge in [0.15, 0.2) is 5.69 Å². The number of aromatic nitrogens is 1. The summed E-state index contributed by atoms with van der Waals surface area (Å²) in [6.45, 7) is 0.735. The maximum atomic E-state index is 12.8. The van der Waals surface area contributed by atoms with Crippen LogP contribution in [-0.2, 0) is 4.79 Å². The Labute approximate surface area is 130 Å². The molecular weight excluding hydrogens is 280 g/mol. The van der Waals surface area contributed by atoms with Crippen LogP contribution in [0.2, 0.25) is 0 Å². The quantitative estimate of drug-likeness (QED) is 0.861. The summed E-state index contributed by atoms with van der Waals surface area (Å²) in [5.74, 6) is 1.62. The van der Waals surface area contributed by atoms with Gasteiger partial charge in [0.05, 0.1) is 0 Å². The van der Waals surface area contributed by atoms with Gasteiger partial charge in [0, 0.05) is 36.9 Å². The van der Waals surface area contributed by atoms with Gasteiger partial charge in [-0.3, -0.25) is 9.59 Å². The highest BCUT2D eigenvalue weighted by atomic mass is 16.5. The number of Topliss-reactive ketones (excluding diaryl/α,β-unsaturated/α-hetero) is 1. The van der Waals surface area contributed by atoms with Gasteiger partial charge >= 0.3 is 0 Å². The minimum atomic E-state index is -0.0588. The van der Waals surface area contributed by atoms with Crippen molar-refractivity contribution in [3.63, 3.8) is 0 Å². The maximum Gasteiger partial charge on any atom is 0.276 e. The minimum Gasteiger partial charge on any atom is -0.360 e. The first-order valence-corrected chi connectivity index (χ1v) is 8.54. The Morgan fingerprint density at radius 3 is 2.82 bits per heavy atom. The van der Waals surface area contributed by atoms with Crippen LogP contribution in [-0.4, -0.2) is 34.3 Å². The largest absolute Gasteiger partial charge is 0.360 e. The SMILES string of the molecule is O=C1CCCC[C@H]1[C@@H]1CCCN1C(=O)c1cc(C2CC2)on1. The zero-order valence-electron chi connectivity index (χ0n) is 12.8. The van der Waals surface area contributed by atoms with Crippen LogP contribution < -0.4 is 0 Å². The van der Waals surface area contributed by atoms with E-state index in [1.54, 1.807) is 6.07 Å². The zero-order chi connectivity index (χ0) is 15.1. The molecule has 2 aliphatic carbocycles. The van der Waals surface area contributed by atoms with E-state index < -0.39 is 0 Å². The smallest absolute Gasteiger partial charge is 0.276 e. The van der Waals surface area contributed by atoms with E-state index in [4.69, 9.17) is 4.52 Å². The first-order chi connectivity index (χ1) is 10.7. The number of carbonyl (C=O) groups excluding carboxylic acids is 2. The lowest BCUT2D eigenvalue weighted by atomic mass is 9.82. The predicted octanol–water partition coefficient (Wildman–Crippen LogP) is 2.92. The zero-order valence-corrected chi connectivity index (χ0v) is 12.8. The first kappa shape index (κ1) is 14.0. The molecule has 0 radical (unpaired) electrons. The molecule has 4 rings (SSSR count). The van der Waals surface area contributed by atoms with Crippen LogP contribution in [0.25, 0.3) is 0 Å². The molecule has 118 valence electrons. The number of amides is 1. The number of nitrogens with zero attached hydrogens (tertiary/aromatic N) is 2. The summed E-state index contributed by atoms with van der Waals surface area (Å²) in [4.78, 5) is 26.8. The van der Waals surface area contributed by atoms with Crippen LogP contribution in [0.4, 0.5) is 0 Å². The van der Waals surface area contributed by atoms with Crippen molar-refractivity contribution in [2.75, 3.05) is 6.54 Å². The van der Waals surface area contributed by atoms with Gasteiger partial charge in [-0.2, -0.15) is 0 Å². The lowest BCUT2D eigenvalue weighted by Gasteiger charge is -2.32. The van der Waals surface area contributed by atoms with Crippen molar-refractivity contribution in [1.82, 2.24) is 10.1 Å². The van der Waals surface area contributed by atoms with Gasteiger partial charge in [-0.15, -0.1) is 0 Å². The minimum absolute atomic E-state index is 0.0370. The molecule has 0 aromatic carbocycles. The number of hydrogen-bond donors (Lipinski definition) is 0. The van der Waals surface area contributed by atoms with Crippen molar-refractivity contribution >= 4 is 11.7 Å². The fourth-order valence-electron chi connectivity index (χ4n) is 3.98. The lowest BCUT2D eigenvalue weighted by Crippen LogP contribution is -2.43. The van der Waals surface area contributed by atoms with Crippen LogP contribution in [0.3, 0.4) is 0 Å². The van der Waals surface area contributed by atoms with Crippen LogP contribution in [0.15, 0.2) is 10.6 Å². The molecule has 0 bridgehead atoms. The van der Waals surface area contributed by atoms with Crippen LogP contribution in [0.5, 0.6) is 0 Å². The topological polar surface area (TPSA) is 63.4 Å². The Kier molecular flexibility index (Phi) is 3.51. The Bertz CT molecular complexity index is 590. The van der Waals surface area contributed by atoms with Gasteiger partial charge in [-0.25, -0.2) is 0 Å².